The molecule has 5 nitrogen and oxygen atoms in total. The van der Waals surface area contributed by atoms with Gasteiger partial charge < -0.3 is 15.2 Å². The van der Waals surface area contributed by atoms with E-state index in [0.29, 0.717) is 18.0 Å². The van der Waals surface area contributed by atoms with Gasteiger partial charge in [-0.1, -0.05) is 0 Å². The monoisotopic (exact) mass is 269 g/mol. The maximum atomic E-state index is 11.5. The summed E-state index contributed by atoms with van der Waals surface area (Å²) in [6, 6.07) is 6.05. The zero-order chi connectivity index (χ0) is 13.4. The third-order valence-corrected chi connectivity index (χ3v) is 3.00. The lowest BCUT2D eigenvalue weighted by molar-refractivity contribution is -0.113. The number of carboxylic acids is 1. The van der Waals surface area contributed by atoms with Crippen molar-refractivity contribution < 1.29 is 19.4 Å². The van der Waals surface area contributed by atoms with Gasteiger partial charge in [-0.2, -0.15) is 0 Å². The molecule has 0 saturated heterocycles. The molecule has 0 fully saturated rings. The molecule has 1 aromatic rings. The lowest BCUT2D eigenvalue weighted by Crippen LogP contribution is -2.14. The first kappa shape index (κ1) is 14.5. The Morgan fingerprint density at radius 2 is 2.00 bits per heavy atom. The average Bonchev–Trinajstić information content (AvgIpc) is 2.35. The van der Waals surface area contributed by atoms with E-state index in [2.05, 4.69) is 5.32 Å². The second-order valence-corrected chi connectivity index (χ2v) is 4.58. The van der Waals surface area contributed by atoms with Crippen LogP contribution in [0, 0.1) is 0 Å². The Hall–Kier alpha value is -1.53. The molecule has 6 heteroatoms. The third kappa shape index (κ3) is 5.20. The molecule has 0 aromatic heterocycles. The number of hydrogen-bond acceptors (Lipinski definition) is 4. The van der Waals surface area contributed by atoms with Crippen molar-refractivity contribution in [3.63, 3.8) is 0 Å². The van der Waals surface area contributed by atoms with Crippen LogP contribution >= 0.6 is 11.8 Å². The van der Waals surface area contributed by atoms with Crippen LogP contribution in [0.4, 0.5) is 5.69 Å². The number of aromatic carboxylic acids is 1. The van der Waals surface area contributed by atoms with Crippen molar-refractivity contribution in [1.29, 1.82) is 0 Å². The van der Waals surface area contributed by atoms with Crippen molar-refractivity contribution in [2.75, 3.05) is 30.5 Å². The number of hydrogen-bond donors (Lipinski definition) is 2. The molecule has 1 amide bonds. The van der Waals surface area contributed by atoms with Crippen LogP contribution in [0.5, 0.6) is 0 Å². The first-order chi connectivity index (χ1) is 8.63. The van der Waals surface area contributed by atoms with Gasteiger partial charge in [-0.05, 0) is 24.3 Å². The number of methoxy groups -OCH3 is 1. The van der Waals surface area contributed by atoms with Gasteiger partial charge in [0.25, 0.3) is 0 Å². The molecule has 1 rings (SSSR count). The minimum absolute atomic E-state index is 0.112. The number of amides is 1. The van der Waals surface area contributed by atoms with E-state index < -0.39 is 5.97 Å². The van der Waals surface area contributed by atoms with Gasteiger partial charge in [0.2, 0.25) is 5.91 Å². The first-order valence-corrected chi connectivity index (χ1v) is 6.49. The molecule has 0 spiro atoms. The van der Waals surface area contributed by atoms with Crippen LogP contribution < -0.4 is 5.32 Å². The summed E-state index contributed by atoms with van der Waals surface area (Å²) in [5.41, 5.74) is 0.791. The van der Waals surface area contributed by atoms with E-state index in [1.807, 2.05) is 0 Å². The van der Waals surface area contributed by atoms with Crippen molar-refractivity contribution in [1.82, 2.24) is 0 Å². The lowest BCUT2D eigenvalue weighted by Gasteiger charge is -2.05. The average molecular weight is 269 g/mol. The zero-order valence-electron chi connectivity index (χ0n) is 10.0. The Kier molecular flexibility index (Phi) is 6.24. The van der Waals surface area contributed by atoms with Crippen LogP contribution in [-0.4, -0.2) is 42.2 Å². The maximum Gasteiger partial charge on any atom is 0.335 e. The number of carboxylic acid groups (broad SMARTS) is 1. The molecule has 2 N–H and O–H groups in total. The molecule has 0 unspecified atom stereocenters. The summed E-state index contributed by atoms with van der Waals surface area (Å²) in [4.78, 5) is 22.1. The second-order valence-electron chi connectivity index (χ2n) is 3.48. The van der Waals surface area contributed by atoms with Gasteiger partial charge >= 0.3 is 5.97 Å². The Balaban J connectivity index is 2.37. The van der Waals surface area contributed by atoms with E-state index in [9.17, 15) is 9.59 Å². The molecule has 0 aliphatic heterocycles. The summed E-state index contributed by atoms with van der Waals surface area (Å²) >= 11 is 1.48. The minimum Gasteiger partial charge on any atom is -0.478 e. The molecule has 0 saturated carbocycles. The summed E-state index contributed by atoms with van der Waals surface area (Å²) in [6.07, 6.45) is 0. The van der Waals surface area contributed by atoms with Gasteiger partial charge in [0.15, 0.2) is 0 Å². The van der Waals surface area contributed by atoms with Crippen molar-refractivity contribution in [2.24, 2.45) is 0 Å². The predicted molar refractivity (Wildman–Crippen MR) is 71.2 cm³/mol. The summed E-state index contributed by atoms with van der Waals surface area (Å²) in [5.74, 6) is 0.0218. The number of nitrogens with one attached hydrogen (secondary N) is 1. The van der Waals surface area contributed by atoms with Crippen LogP contribution in [0.3, 0.4) is 0 Å². The maximum absolute atomic E-state index is 11.5. The second kappa shape index (κ2) is 7.73. The van der Waals surface area contributed by atoms with Crippen LogP contribution in [0.2, 0.25) is 0 Å². The fourth-order valence-electron chi connectivity index (χ4n) is 1.20. The Morgan fingerprint density at radius 3 is 2.56 bits per heavy atom. The molecule has 18 heavy (non-hydrogen) atoms. The molecular weight excluding hydrogens is 254 g/mol. The van der Waals surface area contributed by atoms with Crippen molar-refractivity contribution in [2.45, 2.75) is 0 Å². The Labute approximate surface area is 110 Å². The van der Waals surface area contributed by atoms with Crippen LogP contribution in [0.25, 0.3) is 0 Å². The first-order valence-electron chi connectivity index (χ1n) is 5.33. The molecule has 0 aliphatic rings. The molecular formula is C12H15NO4S. The molecule has 0 radical (unpaired) electrons. The summed E-state index contributed by atoms with van der Waals surface area (Å²) in [5, 5.41) is 11.4. The van der Waals surface area contributed by atoms with Gasteiger partial charge in [-0.25, -0.2) is 4.79 Å². The van der Waals surface area contributed by atoms with Gasteiger partial charge in [-0.3, -0.25) is 4.79 Å². The lowest BCUT2D eigenvalue weighted by atomic mass is 10.2. The van der Waals surface area contributed by atoms with Gasteiger partial charge in [0, 0.05) is 18.6 Å². The zero-order valence-corrected chi connectivity index (χ0v) is 10.8. The van der Waals surface area contributed by atoms with E-state index >= 15 is 0 Å². The molecule has 0 bridgehead atoms. The van der Waals surface area contributed by atoms with E-state index in [1.54, 1.807) is 19.2 Å². The van der Waals surface area contributed by atoms with E-state index in [1.165, 1.54) is 23.9 Å². The van der Waals surface area contributed by atoms with E-state index in [4.69, 9.17) is 9.84 Å². The molecule has 1 aromatic carbocycles. The quantitative estimate of drug-likeness (QED) is 0.737. The van der Waals surface area contributed by atoms with Crippen LogP contribution in [0.15, 0.2) is 24.3 Å². The topological polar surface area (TPSA) is 75.6 Å². The number of carbonyl (C=O) groups is 2. The fourth-order valence-corrected chi connectivity index (χ4v) is 1.89. The molecule has 0 atom stereocenters. The largest absolute Gasteiger partial charge is 0.478 e. The summed E-state index contributed by atoms with van der Waals surface area (Å²) < 4.78 is 4.87. The number of ether oxygens (including phenoxy) is 1. The van der Waals surface area contributed by atoms with Crippen molar-refractivity contribution >= 4 is 29.3 Å². The summed E-state index contributed by atoms with van der Waals surface area (Å²) in [6.45, 7) is 0.616. The smallest absolute Gasteiger partial charge is 0.335 e. The Morgan fingerprint density at radius 1 is 1.33 bits per heavy atom. The summed E-state index contributed by atoms with van der Waals surface area (Å²) in [7, 11) is 1.62. The molecule has 0 aliphatic carbocycles. The van der Waals surface area contributed by atoms with Crippen LogP contribution in [-0.2, 0) is 9.53 Å². The fraction of sp³-hybridized carbons (Fsp3) is 0.333. The number of thioether (sulfide) groups is 1. The minimum atomic E-state index is -0.983. The highest BCUT2D eigenvalue weighted by Gasteiger charge is 2.04. The Bertz CT molecular complexity index is 405. The van der Waals surface area contributed by atoms with E-state index in [0.717, 1.165) is 5.75 Å². The van der Waals surface area contributed by atoms with Gasteiger partial charge in [-0.15, -0.1) is 11.8 Å². The third-order valence-electron chi connectivity index (χ3n) is 2.08. The normalized spacial score (nSPS) is 10.1. The number of carbonyl (C=O) groups excluding carboxylic acids is 1. The highest BCUT2D eigenvalue weighted by Crippen LogP contribution is 2.10. The number of rotatable bonds is 7. The van der Waals surface area contributed by atoms with Crippen molar-refractivity contribution in [3.8, 4) is 0 Å². The van der Waals surface area contributed by atoms with E-state index in [-0.39, 0.29) is 11.5 Å². The predicted octanol–water partition coefficient (Wildman–Crippen LogP) is 1.70. The number of benzene rings is 1. The van der Waals surface area contributed by atoms with Crippen LogP contribution in [0.1, 0.15) is 10.4 Å². The standard InChI is InChI=1S/C12H15NO4S/c1-17-6-7-18-8-11(14)13-10-4-2-9(3-5-10)12(15)16/h2-5H,6-8H2,1H3,(H,13,14)(H,15,16). The van der Waals surface area contributed by atoms with Gasteiger partial charge in [0.1, 0.15) is 0 Å². The highest BCUT2D eigenvalue weighted by atomic mass is 32.2. The molecule has 98 valence electrons. The SMILES string of the molecule is COCCSCC(=O)Nc1ccc(C(=O)O)cc1. The highest BCUT2D eigenvalue weighted by molar-refractivity contribution is 7.99. The molecule has 0 heterocycles. The van der Waals surface area contributed by atoms with Gasteiger partial charge in [0.05, 0.1) is 17.9 Å². The number of anilines is 1. The van der Waals surface area contributed by atoms with Crippen molar-refractivity contribution in [3.05, 3.63) is 29.8 Å².